The lowest BCUT2D eigenvalue weighted by Crippen LogP contribution is -2.29. The van der Waals surface area contributed by atoms with Crippen molar-refractivity contribution in [3.63, 3.8) is 0 Å². The highest BCUT2D eigenvalue weighted by Gasteiger charge is 2.47. The van der Waals surface area contributed by atoms with Crippen molar-refractivity contribution in [3.05, 3.63) is 89.3 Å². The van der Waals surface area contributed by atoms with E-state index in [0.717, 1.165) is 12.0 Å². The molecular weight excluding hydrogens is 420 g/mol. The molecule has 0 spiro atoms. The molecule has 1 atom stereocenters. The van der Waals surface area contributed by atoms with Crippen LogP contribution in [0.3, 0.4) is 0 Å². The van der Waals surface area contributed by atoms with Crippen molar-refractivity contribution in [1.29, 1.82) is 0 Å². The number of benzene rings is 2. The Balaban J connectivity index is 1.86. The van der Waals surface area contributed by atoms with Gasteiger partial charge in [0.15, 0.2) is 0 Å². The molecule has 3 aromatic rings. The number of aliphatic hydroxyl groups is 1. The predicted octanol–water partition coefficient (Wildman–Crippen LogP) is 4.51. The van der Waals surface area contributed by atoms with Crippen LogP contribution < -0.4 is 9.64 Å². The Hall–Kier alpha value is -4.13. The van der Waals surface area contributed by atoms with E-state index < -0.39 is 17.7 Å². The van der Waals surface area contributed by atoms with Gasteiger partial charge >= 0.3 is 0 Å². The van der Waals surface area contributed by atoms with Gasteiger partial charge in [0.1, 0.15) is 17.3 Å². The number of carbonyl (C=O) groups is 2. The number of aliphatic hydroxyl groups excluding tert-OH is 1. The number of pyridine rings is 1. The molecule has 0 bridgehead atoms. The second kappa shape index (κ2) is 9.16. The number of Topliss-reactive ketones (excluding diaryl/α,β-unsaturated/α-hetero) is 1. The van der Waals surface area contributed by atoms with Gasteiger partial charge < -0.3 is 14.9 Å². The summed E-state index contributed by atoms with van der Waals surface area (Å²) in [5, 5.41) is 21.6. The van der Waals surface area contributed by atoms with Crippen molar-refractivity contribution in [2.45, 2.75) is 26.3 Å². The smallest absolute Gasteiger partial charge is 0.300 e. The van der Waals surface area contributed by atoms with Gasteiger partial charge in [0.2, 0.25) is 0 Å². The normalized spacial score (nSPS) is 17.4. The fourth-order valence-electron chi connectivity index (χ4n) is 3.84. The zero-order valence-electron chi connectivity index (χ0n) is 18.4. The molecular formula is C26H24N2O5. The van der Waals surface area contributed by atoms with Crippen molar-refractivity contribution in [2.75, 3.05) is 11.5 Å². The van der Waals surface area contributed by atoms with Crippen molar-refractivity contribution >= 4 is 23.1 Å². The highest BCUT2D eigenvalue weighted by Crippen LogP contribution is 2.44. The number of rotatable bonds is 6. The summed E-state index contributed by atoms with van der Waals surface area (Å²) in [7, 11) is 0. The fraction of sp³-hybridized carbons (Fsp3) is 0.192. The first kappa shape index (κ1) is 22.1. The first-order chi connectivity index (χ1) is 15.9. The van der Waals surface area contributed by atoms with Crippen LogP contribution in [0.4, 0.5) is 5.69 Å². The molecule has 33 heavy (non-hydrogen) atoms. The summed E-state index contributed by atoms with van der Waals surface area (Å²) >= 11 is 0. The van der Waals surface area contributed by atoms with Crippen molar-refractivity contribution in [3.8, 4) is 11.5 Å². The molecule has 168 valence electrons. The summed E-state index contributed by atoms with van der Waals surface area (Å²) in [6.45, 7) is 4.39. The Labute approximate surface area is 191 Å². The standard InChI is InChI=1S/C26H24N2O5/c1-3-13-33-19-9-7-17(8-10-19)24(30)22-23(18-5-4-12-27-15-18)28(26(32)25(22)31)20-14-16(2)6-11-21(20)29/h4-12,14-15,23,29-30H,3,13H2,1-2H3/b24-22+. The van der Waals surface area contributed by atoms with Crippen LogP contribution in [0.5, 0.6) is 11.5 Å². The first-order valence-corrected chi connectivity index (χ1v) is 10.7. The highest BCUT2D eigenvalue weighted by molar-refractivity contribution is 6.51. The number of aromatic nitrogens is 1. The van der Waals surface area contributed by atoms with Crippen molar-refractivity contribution in [1.82, 2.24) is 4.98 Å². The molecule has 2 heterocycles. The number of phenols is 1. The van der Waals surface area contributed by atoms with Crippen LogP contribution in [-0.2, 0) is 9.59 Å². The molecule has 1 aliphatic rings. The van der Waals surface area contributed by atoms with Gasteiger partial charge in [-0.05, 0) is 66.9 Å². The van der Waals surface area contributed by atoms with Crippen LogP contribution in [0, 0.1) is 6.92 Å². The lowest BCUT2D eigenvalue weighted by Gasteiger charge is -2.26. The molecule has 1 aliphatic heterocycles. The zero-order valence-corrected chi connectivity index (χ0v) is 18.4. The summed E-state index contributed by atoms with van der Waals surface area (Å²) in [4.78, 5) is 31.6. The maximum absolute atomic E-state index is 13.2. The molecule has 1 unspecified atom stereocenters. The van der Waals surface area contributed by atoms with E-state index in [0.29, 0.717) is 23.5 Å². The molecule has 1 aromatic heterocycles. The third kappa shape index (κ3) is 4.17. The second-order valence-electron chi connectivity index (χ2n) is 7.82. The number of carbonyl (C=O) groups excluding carboxylic acids is 2. The predicted molar refractivity (Wildman–Crippen MR) is 124 cm³/mol. The Morgan fingerprint density at radius 3 is 2.55 bits per heavy atom. The molecule has 7 nitrogen and oxygen atoms in total. The Morgan fingerprint density at radius 2 is 1.88 bits per heavy atom. The van der Waals surface area contributed by atoms with Gasteiger partial charge in [-0.3, -0.25) is 19.5 Å². The van der Waals surface area contributed by atoms with E-state index in [1.807, 2.05) is 13.8 Å². The number of aryl methyl sites for hydroxylation is 1. The number of phenolic OH excluding ortho intramolecular Hbond substituents is 1. The SMILES string of the molecule is CCCOc1ccc(/C(O)=C2\C(=O)C(=O)N(c3cc(C)ccc3O)C2c2cccnc2)cc1. The Kier molecular flexibility index (Phi) is 6.13. The number of nitrogens with zero attached hydrogens (tertiary/aromatic N) is 2. The highest BCUT2D eigenvalue weighted by atomic mass is 16.5. The van der Waals surface area contributed by atoms with Crippen LogP contribution in [0.15, 0.2) is 72.6 Å². The van der Waals surface area contributed by atoms with E-state index in [-0.39, 0.29) is 22.8 Å². The molecule has 7 heteroatoms. The van der Waals surface area contributed by atoms with E-state index >= 15 is 0 Å². The van der Waals surface area contributed by atoms with E-state index in [1.54, 1.807) is 54.7 Å². The maximum atomic E-state index is 13.2. The van der Waals surface area contributed by atoms with Gasteiger partial charge in [-0.2, -0.15) is 0 Å². The third-order valence-electron chi connectivity index (χ3n) is 5.44. The van der Waals surface area contributed by atoms with Crippen LogP contribution in [0.1, 0.15) is 36.1 Å². The van der Waals surface area contributed by atoms with Crippen LogP contribution in [0.2, 0.25) is 0 Å². The minimum Gasteiger partial charge on any atom is -0.507 e. The number of ether oxygens (including phenoxy) is 1. The summed E-state index contributed by atoms with van der Waals surface area (Å²) in [6.07, 6.45) is 3.97. The summed E-state index contributed by atoms with van der Waals surface area (Å²) in [5.74, 6) is -1.49. The van der Waals surface area contributed by atoms with Gasteiger partial charge in [0.05, 0.1) is 23.9 Å². The summed E-state index contributed by atoms with van der Waals surface area (Å²) in [6, 6.07) is 13.9. The average Bonchev–Trinajstić information content (AvgIpc) is 3.10. The number of hydrogen-bond acceptors (Lipinski definition) is 6. The van der Waals surface area contributed by atoms with E-state index in [9.17, 15) is 19.8 Å². The fourth-order valence-corrected chi connectivity index (χ4v) is 3.84. The summed E-state index contributed by atoms with van der Waals surface area (Å²) in [5.41, 5.74) is 1.82. The average molecular weight is 444 g/mol. The Bertz CT molecular complexity index is 1220. The molecule has 0 saturated carbocycles. The van der Waals surface area contributed by atoms with Gasteiger partial charge in [0.25, 0.3) is 11.7 Å². The molecule has 2 N–H and O–H groups in total. The lowest BCUT2D eigenvalue weighted by molar-refractivity contribution is -0.132. The minimum absolute atomic E-state index is 0.0730. The quantitative estimate of drug-likeness (QED) is 0.330. The summed E-state index contributed by atoms with van der Waals surface area (Å²) < 4.78 is 5.58. The van der Waals surface area contributed by atoms with Crippen LogP contribution in [0.25, 0.3) is 5.76 Å². The van der Waals surface area contributed by atoms with Gasteiger partial charge in [-0.1, -0.05) is 19.1 Å². The molecule has 4 rings (SSSR count). The monoisotopic (exact) mass is 444 g/mol. The van der Waals surface area contributed by atoms with E-state index in [2.05, 4.69) is 4.98 Å². The number of anilines is 1. The van der Waals surface area contributed by atoms with E-state index in [4.69, 9.17) is 4.74 Å². The van der Waals surface area contributed by atoms with Crippen LogP contribution >= 0.6 is 0 Å². The lowest BCUT2D eigenvalue weighted by atomic mass is 9.96. The van der Waals surface area contributed by atoms with Gasteiger partial charge in [0, 0.05) is 18.0 Å². The molecule has 1 amide bonds. The molecule has 1 saturated heterocycles. The second-order valence-corrected chi connectivity index (χ2v) is 7.82. The largest absolute Gasteiger partial charge is 0.507 e. The van der Waals surface area contributed by atoms with Crippen LogP contribution in [-0.4, -0.2) is 33.5 Å². The first-order valence-electron chi connectivity index (χ1n) is 10.7. The van der Waals surface area contributed by atoms with E-state index in [1.165, 1.54) is 17.2 Å². The van der Waals surface area contributed by atoms with Crippen molar-refractivity contribution in [2.24, 2.45) is 0 Å². The Morgan fingerprint density at radius 1 is 1.12 bits per heavy atom. The van der Waals surface area contributed by atoms with Gasteiger partial charge in [-0.25, -0.2) is 0 Å². The number of amides is 1. The van der Waals surface area contributed by atoms with Crippen molar-refractivity contribution < 1.29 is 24.5 Å². The zero-order chi connectivity index (χ0) is 23.5. The molecule has 1 fully saturated rings. The molecule has 0 radical (unpaired) electrons. The number of aromatic hydroxyl groups is 1. The number of hydrogen-bond donors (Lipinski definition) is 2. The van der Waals surface area contributed by atoms with Gasteiger partial charge in [-0.15, -0.1) is 0 Å². The molecule has 0 aliphatic carbocycles. The minimum atomic E-state index is -0.956. The number of ketones is 1. The maximum Gasteiger partial charge on any atom is 0.300 e. The molecule has 2 aromatic carbocycles. The topological polar surface area (TPSA) is 100.0 Å². The third-order valence-corrected chi connectivity index (χ3v) is 5.44.